The molecule has 2 amide bonds. The van der Waals surface area contributed by atoms with Crippen LogP contribution in [0, 0.1) is 11.3 Å². The zero-order valence-corrected chi connectivity index (χ0v) is 7.73. The Morgan fingerprint density at radius 2 is 2.20 bits per heavy atom. The number of carbonyl (C=O) groups excluding carboxylic acids is 2. The summed E-state index contributed by atoms with van der Waals surface area (Å²) in [4.78, 5) is 25.9. The molecule has 1 aromatic heterocycles. The molecule has 6 nitrogen and oxygen atoms in total. The van der Waals surface area contributed by atoms with E-state index >= 15 is 0 Å². The fraction of sp³-hybridized carbons (Fsp3) is 0.111. The largest absolute Gasteiger partial charge is 0.288 e. The number of hydrogen-bond acceptors (Lipinski definition) is 4. The van der Waals surface area contributed by atoms with Gasteiger partial charge in [0, 0.05) is 6.20 Å². The van der Waals surface area contributed by atoms with Crippen LogP contribution in [0.25, 0.3) is 0 Å². The van der Waals surface area contributed by atoms with E-state index in [1.54, 1.807) is 18.2 Å². The molecule has 0 aliphatic rings. The summed E-state index contributed by atoms with van der Waals surface area (Å²) in [5, 5.41) is 8.18. The Morgan fingerprint density at radius 3 is 2.80 bits per heavy atom. The zero-order chi connectivity index (χ0) is 11.1. The van der Waals surface area contributed by atoms with Gasteiger partial charge in [-0.1, -0.05) is 6.07 Å². The van der Waals surface area contributed by atoms with E-state index in [-0.39, 0.29) is 12.1 Å². The second kappa shape index (κ2) is 5.34. The van der Waals surface area contributed by atoms with Gasteiger partial charge in [-0.05, 0) is 12.1 Å². The first-order valence-electron chi connectivity index (χ1n) is 4.11. The van der Waals surface area contributed by atoms with E-state index in [9.17, 15) is 9.59 Å². The molecule has 1 heterocycles. The van der Waals surface area contributed by atoms with E-state index in [1.165, 1.54) is 12.3 Å². The van der Waals surface area contributed by atoms with Gasteiger partial charge in [0.25, 0.3) is 11.8 Å². The quantitative estimate of drug-likeness (QED) is 0.650. The number of pyridine rings is 1. The summed E-state index contributed by atoms with van der Waals surface area (Å²) in [6.45, 7) is 0. The first-order valence-corrected chi connectivity index (χ1v) is 4.11. The molecule has 1 rings (SSSR count). The average molecular weight is 204 g/mol. The van der Waals surface area contributed by atoms with Crippen LogP contribution in [0.3, 0.4) is 0 Å². The average Bonchev–Trinajstić information content (AvgIpc) is 2.27. The maximum Gasteiger partial charge on any atom is 0.288 e. The zero-order valence-electron chi connectivity index (χ0n) is 7.73. The van der Waals surface area contributed by atoms with E-state index in [4.69, 9.17) is 5.26 Å². The molecule has 0 aliphatic heterocycles. The van der Waals surface area contributed by atoms with Crippen LogP contribution in [0.2, 0.25) is 0 Å². The Balaban J connectivity index is 2.45. The lowest BCUT2D eigenvalue weighted by Gasteiger charge is -2.04. The highest BCUT2D eigenvalue weighted by atomic mass is 16.2. The lowest BCUT2D eigenvalue weighted by atomic mass is 10.3. The van der Waals surface area contributed by atoms with E-state index in [0.717, 1.165) is 0 Å². The van der Waals surface area contributed by atoms with Gasteiger partial charge < -0.3 is 0 Å². The second-order valence-corrected chi connectivity index (χ2v) is 2.55. The Labute approximate surface area is 85.9 Å². The van der Waals surface area contributed by atoms with Crippen LogP contribution in [0.15, 0.2) is 24.4 Å². The van der Waals surface area contributed by atoms with E-state index < -0.39 is 11.8 Å². The van der Waals surface area contributed by atoms with Crippen LogP contribution < -0.4 is 10.9 Å². The third-order valence-electron chi connectivity index (χ3n) is 1.45. The summed E-state index contributed by atoms with van der Waals surface area (Å²) in [6.07, 6.45) is 1.16. The predicted molar refractivity (Wildman–Crippen MR) is 50.1 cm³/mol. The molecular weight excluding hydrogens is 196 g/mol. The minimum absolute atomic E-state index is 0.190. The number of hydrogen-bond donors (Lipinski definition) is 2. The number of nitrogens with zero attached hydrogens (tertiary/aromatic N) is 2. The molecule has 0 bridgehead atoms. The minimum atomic E-state index is -0.568. The van der Waals surface area contributed by atoms with E-state index in [0.29, 0.717) is 0 Å². The third-order valence-corrected chi connectivity index (χ3v) is 1.45. The lowest BCUT2D eigenvalue weighted by molar-refractivity contribution is -0.120. The number of nitrogens with one attached hydrogen (secondary N) is 2. The molecule has 2 N–H and O–H groups in total. The highest BCUT2D eigenvalue weighted by molar-refractivity contribution is 5.93. The molecule has 0 spiro atoms. The number of nitriles is 1. The molecule has 15 heavy (non-hydrogen) atoms. The van der Waals surface area contributed by atoms with Gasteiger partial charge in [-0.2, -0.15) is 5.26 Å². The third kappa shape index (κ3) is 3.44. The van der Waals surface area contributed by atoms with Crippen molar-refractivity contribution >= 4 is 11.8 Å². The first-order chi connectivity index (χ1) is 7.24. The van der Waals surface area contributed by atoms with Crippen molar-refractivity contribution in [2.24, 2.45) is 0 Å². The topological polar surface area (TPSA) is 94.9 Å². The number of hydrazine groups is 1. The van der Waals surface area contributed by atoms with Gasteiger partial charge in [0.15, 0.2) is 0 Å². The summed E-state index contributed by atoms with van der Waals surface area (Å²) in [5.41, 5.74) is 4.40. The molecule has 0 fully saturated rings. The standard InChI is InChI=1S/C9H8N4O2/c10-5-4-8(14)12-13-9(15)7-3-1-2-6-11-7/h1-3,6H,4H2,(H,12,14)(H,13,15). The molecule has 0 radical (unpaired) electrons. The van der Waals surface area contributed by atoms with E-state index in [1.807, 2.05) is 0 Å². The number of aromatic nitrogens is 1. The molecule has 0 aliphatic carbocycles. The molecule has 1 aromatic rings. The van der Waals surface area contributed by atoms with Gasteiger partial charge >= 0.3 is 0 Å². The van der Waals surface area contributed by atoms with Gasteiger partial charge in [0.1, 0.15) is 12.1 Å². The Hall–Kier alpha value is -2.42. The molecule has 0 saturated carbocycles. The monoisotopic (exact) mass is 204 g/mol. The predicted octanol–water partition coefficient (Wildman–Crippen LogP) is -0.244. The molecule has 0 aromatic carbocycles. The van der Waals surface area contributed by atoms with Gasteiger partial charge in [-0.3, -0.25) is 25.4 Å². The maximum atomic E-state index is 11.3. The second-order valence-electron chi connectivity index (χ2n) is 2.55. The van der Waals surface area contributed by atoms with Crippen LogP contribution >= 0.6 is 0 Å². The molecule has 0 unspecified atom stereocenters. The molecule has 6 heteroatoms. The van der Waals surface area contributed by atoms with Crippen LogP contribution in [-0.4, -0.2) is 16.8 Å². The highest BCUT2D eigenvalue weighted by Gasteiger charge is 2.06. The summed E-state index contributed by atoms with van der Waals surface area (Å²) in [6, 6.07) is 6.48. The maximum absolute atomic E-state index is 11.3. The van der Waals surface area contributed by atoms with Gasteiger partial charge in [-0.15, -0.1) is 0 Å². The smallest absolute Gasteiger partial charge is 0.272 e. The van der Waals surface area contributed by atoms with Gasteiger partial charge in [0.2, 0.25) is 0 Å². The Morgan fingerprint density at radius 1 is 1.40 bits per heavy atom. The van der Waals surface area contributed by atoms with Crippen molar-refractivity contribution < 1.29 is 9.59 Å². The lowest BCUT2D eigenvalue weighted by Crippen LogP contribution is -2.41. The van der Waals surface area contributed by atoms with Crippen molar-refractivity contribution in [1.82, 2.24) is 15.8 Å². The molecular formula is C9H8N4O2. The Kier molecular flexibility index (Phi) is 3.79. The Bertz CT molecular complexity index is 396. The SMILES string of the molecule is N#CCC(=O)NNC(=O)c1ccccn1. The number of rotatable bonds is 2. The molecule has 0 atom stereocenters. The van der Waals surface area contributed by atoms with Crippen LogP contribution in [-0.2, 0) is 4.79 Å². The highest BCUT2D eigenvalue weighted by Crippen LogP contribution is 1.91. The van der Waals surface area contributed by atoms with Gasteiger partial charge in [0.05, 0.1) is 6.07 Å². The van der Waals surface area contributed by atoms with Crippen molar-refractivity contribution in [3.8, 4) is 6.07 Å². The van der Waals surface area contributed by atoms with Crippen molar-refractivity contribution in [2.75, 3.05) is 0 Å². The van der Waals surface area contributed by atoms with Crippen molar-refractivity contribution in [3.05, 3.63) is 30.1 Å². The first kappa shape index (κ1) is 10.7. The summed E-state index contributed by atoms with van der Waals surface area (Å²) < 4.78 is 0. The molecule has 76 valence electrons. The van der Waals surface area contributed by atoms with Gasteiger partial charge in [-0.25, -0.2) is 0 Å². The number of carbonyl (C=O) groups is 2. The van der Waals surface area contributed by atoms with Crippen LogP contribution in [0.5, 0.6) is 0 Å². The fourth-order valence-electron chi connectivity index (χ4n) is 0.804. The minimum Gasteiger partial charge on any atom is -0.272 e. The van der Waals surface area contributed by atoms with Crippen molar-refractivity contribution in [3.63, 3.8) is 0 Å². The summed E-state index contributed by atoms with van der Waals surface area (Å²) >= 11 is 0. The van der Waals surface area contributed by atoms with Crippen LogP contribution in [0.4, 0.5) is 0 Å². The summed E-state index contributed by atoms with van der Waals surface area (Å²) in [5.74, 6) is -1.09. The summed E-state index contributed by atoms with van der Waals surface area (Å²) in [7, 11) is 0. The van der Waals surface area contributed by atoms with Crippen molar-refractivity contribution in [1.29, 1.82) is 5.26 Å². The van der Waals surface area contributed by atoms with E-state index in [2.05, 4.69) is 15.8 Å². The van der Waals surface area contributed by atoms with Crippen molar-refractivity contribution in [2.45, 2.75) is 6.42 Å². The van der Waals surface area contributed by atoms with Crippen LogP contribution in [0.1, 0.15) is 16.9 Å². The molecule has 0 saturated heterocycles. The normalized spacial score (nSPS) is 8.73. The fourth-order valence-corrected chi connectivity index (χ4v) is 0.804. The number of amides is 2.